The van der Waals surface area contributed by atoms with E-state index in [4.69, 9.17) is 0 Å². The van der Waals surface area contributed by atoms with Gasteiger partial charge in [-0.15, -0.1) is 16.9 Å². The molecule has 4 rings (SSSR count). The normalized spacial score (nSPS) is 11.4. The summed E-state index contributed by atoms with van der Waals surface area (Å²) in [6.07, 6.45) is 1.67. The van der Waals surface area contributed by atoms with Gasteiger partial charge >= 0.3 is 0 Å². The zero-order valence-electron chi connectivity index (χ0n) is 17.0. The van der Waals surface area contributed by atoms with Crippen LogP contribution < -0.4 is 4.31 Å². The number of hydrogen-bond donors (Lipinski definition) is 0. The van der Waals surface area contributed by atoms with Gasteiger partial charge in [-0.3, -0.25) is 0 Å². The van der Waals surface area contributed by atoms with Crippen LogP contribution in [0.4, 0.5) is 5.82 Å². The summed E-state index contributed by atoms with van der Waals surface area (Å²) in [5.41, 5.74) is 1.86. The van der Waals surface area contributed by atoms with E-state index in [-0.39, 0.29) is 17.3 Å². The molecule has 3 aromatic carbocycles. The fourth-order valence-corrected chi connectivity index (χ4v) is 5.14. The van der Waals surface area contributed by atoms with Crippen molar-refractivity contribution in [1.82, 2.24) is 15.0 Å². The van der Waals surface area contributed by atoms with E-state index >= 15 is 0 Å². The van der Waals surface area contributed by atoms with Crippen LogP contribution in [0.5, 0.6) is 0 Å². The Kier molecular flexibility index (Phi) is 6.39. The highest BCUT2D eigenvalue weighted by atomic mass is 32.2. The van der Waals surface area contributed by atoms with Crippen LogP contribution in [-0.2, 0) is 22.4 Å². The van der Waals surface area contributed by atoms with Crippen LogP contribution in [0.25, 0.3) is 0 Å². The van der Waals surface area contributed by atoms with E-state index in [0.29, 0.717) is 5.88 Å². The van der Waals surface area contributed by atoms with Gasteiger partial charge in [0.2, 0.25) is 0 Å². The summed E-state index contributed by atoms with van der Waals surface area (Å²) in [5.74, 6) is 0.818. The minimum Gasteiger partial charge on any atom is -0.242 e. The maximum Gasteiger partial charge on any atom is 0.265 e. The summed E-state index contributed by atoms with van der Waals surface area (Å²) in [7, 11) is -3.81. The number of thioether (sulfide) groups is 1. The lowest BCUT2D eigenvalue weighted by Crippen LogP contribution is -2.31. The van der Waals surface area contributed by atoms with Crippen molar-refractivity contribution < 1.29 is 8.42 Å². The summed E-state index contributed by atoms with van der Waals surface area (Å²) in [6.45, 7) is 2.09. The van der Waals surface area contributed by atoms with Gasteiger partial charge in [0.15, 0.2) is 5.82 Å². The van der Waals surface area contributed by atoms with Crippen LogP contribution in [0.2, 0.25) is 0 Å². The molecule has 158 valence electrons. The number of sulfonamides is 1. The first kappa shape index (κ1) is 21.1. The molecule has 0 atom stereocenters. The van der Waals surface area contributed by atoms with Crippen molar-refractivity contribution in [2.75, 3.05) is 4.31 Å². The van der Waals surface area contributed by atoms with Crippen LogP contribution in [-0.4, -0.2) is 23.4 Å². The second-order valence-corrected chi connectivity index (χ2v) is 9.89. The predicted molar refractivity (Wildman–Crippen MR) is 123 cm³/mol. The Bertz CT molecular complexity index is 1230. The van der Waals surface area contributed by atoms with Gasteiger partial charge in [0.1, 0.15) is 0 Å². The summed E-state index contributed by atoms with van der Waals surface area (Å²) in [4.78, 5) is 1.33. The molecule has 4 aromatic rings. The molecule has 0 fully saturated rings. The maximum atomic E-state index is 13.5. The number of aryl methyl sites for hydroxylation is 1. The molecular weight excluding hydrogens is 428 g/mol. The maximum absolute atomic E-state index is 13.5. The second kappa shape index (κ2) is 9.36. The zero-order valence-corrected chi connectivity index (χ0v) is 18.6. The Balaban J connectivity index is 1.63. The summed E-state index contributed by atoms with van der Waals surface area (Å²) in [6, 6.07) is 26.3. The van der Waals surface area contributed by atoms with Crippen LogP contribution >= 0.6 is 11.8 Å². The third-order valence-electron chi connectivity index (χ3n) is 4.67. The molecule has 6 nitrogen and oxygen atoms in total. The molecule has 0 amide bonds. The van der Waals surface area contributed by atoms with Gasteiger partial charge in [-0.1, -0.05) is 71.4 Å². The SMILES string of the molecule is Cc1ccc(S(=O)(=O)N(Cc2ccccc2)c2cn(CSc3ccccc3)nn2)cc1. The first-order valence-electron chi connectivity index (χ1n) is 9.74. The Morgan fingerprint density at radius 1 is 0.903 bits per heavy atom. The van der Waals surface area contributed by atoms with Gasteiger partial charge in [0.25, 0.3) is 10.0 Å². The van der Waals surface area contributed by atoms with E-state index in [1.54, 1.807) is 46.9 Å². The van der Waals surface area contributed by atoms with E-state index in [1.807, 2.05) is 67.6 Å². The molecule has 0 bridgehead atoms. The molecule has 8 heteroatoms. The minimum absolute atomic E-state index is 0.168. The van der Waals surface area contributed by atoms with Gasteiger partial charge in [0.05, 0.1) is 23.5 Å². The minimum atomic E-state index is -3.81. The van der Waals surface area contributed by atoms with Crippen LogP contribution in [0.15, 0.2) is 101 Å². The van der Waals surface area contributed by atoms with E-state index in [2.05, 4.69) is 10.3 Å². The largest absolute Gasteiger partial charge is 0.265 e. The zero-order chi connectivity index (χ0) is 21.7. The lowest BCUT2D eigenvalue weighted by molar-refractivity contribution is 0.589. The first-order chi connectivity index (χ1) is 15.0. The van der Waals surface area contributed by atoms with Crippen molar-refractivity contribution in [3.63, 3.8) is 0 Å². The van der Waals surface area contributed by atoms with E-state index in [9.17, 15) is 8.42 Å². The fraction of sp³-hybridized carbons (Fsp3) is 0.130. The smallest absolute Gasteiger partial charge is 0.242 e. The average molecular weight is 451 g/mol. The summed E-state index contributed by atoms with van der Waals surface area (Å²) >= 11 is 1.60. The molecule has 0 N–H and O–H groups in total. The third kappa shape index (κ3) is 5.15. The van der Waals surface area contributed by atoms with Gasteiger partial charge in [-0.25, -0.2) is 17.4 Å². The number of rotatable bonds is 8. The number of aromatic nitrogens is 3. The Morgan fingerprint density at radius 3 is 2.23 bits per heavy atom. The van der Waals surface area contributed by atoms with Crippen molar-refractivity contribution in [2.24, 2.45) is 0 Å². The van der Waals surface area contributed by atoms with Crippen molar-refractivity contribution in [1.29, 1.82) is 0 Å². The lowest BCUT2D eigenvalue weighted by Gasteiger charge is -2.22. The number of hydrogen-bond acceptors (Lipinski definition) is 5. The molecule has 0 saturated carbocycles. The van der Waals surface area contributed by atoms with E-state index in [1.165, 1.54) is 4.31 Å². The average Bonchev–Trinajstić information content (AvgIpc) is 3.26. The van der Waals surface area contributed by atoms with Gasteiger partial charge in [0, 0.05) is 4.90 Å². The molecule has 0 spiro atoms. The lowest BCUT2D eigenvalue weighted by atomic mass is 10.2. The highest BCUT2D eigenvalue weighted by molar-refractivity contribution is 7.98. The first-order valence-corrected chi connectivity index (χ1v) is 12.2. The highest BCUT2D eigenvalue weighted by Crippen LogP contribution is 2.25. The van der Waals surface area contributed by atoms with E-state index in [0.717, 1.165) is 16.0 Å². The van der Waals surface area contributed by atoms with Gasteiger partial charge in [-0.05, 0) is 36.8 Å². The Labute approximate surface area is 186 Å². The van der Waals surface area contributed by atoms with Gasteiger partial charge < -0.3 is 0 Å². The molecule has 0 aliphatic carbocycles. The quantitative estimate of drug-likeness (QED) is 0.363. The number of benzene rings is 3. The van der Waals surface area contributed by atoms with Gasteiger partial charge in [-0.2, -0.15) is 0 Å². The molecule has 0 aliphatic rings. The molecule has 0 saturated heterocycles. The molecule has 0 radical (unpaired) electrons. The highest BCUT2D eigenvalue weighted by Gasteiger charge is 2.27. The molecule has 0 unspecified atom stereocenters. The molecule has 31 heavy (non-hydrogen) atoms. The molecular formula is C23H22N4O2S2. The summed E-state index contributed by atoms with van der Waals surface area (Å²) < 4.78 is 29.9. The predicted octanol–water partition coefficient (Wildman–Crippen LogP) is 4.73. The van der Waals surface area contributed by atoms with Crippen LogP contribution in [0.1, 0.15) is 11.1 Å². The topological polar surface area (TPSA) is 68.1 Å². The fourth-order valence-electron chi connectivity index (χ4n) is 3.00. The number of anilines is 1. The van der Waals surface area contributed by atoms with Crippen molar-refractivity contribution >= 4 is 27.6 Å². The summed E-state index contributed by atoms with van der Waals surface area (Å²) in [5, 5.41) is 8.34. The molecule has 1 heterocycles. The number of nitrogens with zero attached hydrogens (tertiary/aromatic N) is 4. The molecule has 0 aliphatic heterocycles. The standard InChI is InChI=1S/C23H22N4O2S2/c1-19-12-14-22(15-13-19)31(28,29)27(16-20-8-4-2-5-9-20)23-17-26(25-24-23)18-30-21-10-6-3-7-11-21/h2-15,17H,16,18H2,1H3. The monoisotopic (exact) mass is 450 g/mol. The van der Waals surface area contributed by atoms with Crippen LogP contribution in [0, 0.1) is 6.92 Å². The Hall–Kier alpha value is -3.10. The second-order valence-electron chi connectivity index (χ2n) is 7.01. The van der Waals surface area contributed by atoms with Crippen molar-refractivity contribution in [2.45, 2.75) is 29.1 Å². The molecule has 1 aromatic heterocycles. The van der Waals surface area contributed by atoms with Crippen molar-refractivity contribution in [3.05, 3.63) is 102 Å². The van der Waals surface area contributed by atoms with Crippen LogP contribution in [0.3, 0.4) is 0 Å². The van der Waals surface area contributed by atoms with E-state index < -0.39 is 10.0 Å². The third-order valence-corrected chi connectivity index (χ3v) is 7.43. The Morgan fingerprint density at radius 2 is 1.55 bits per heavy atom. The van der Waals surface area contributed by atoms with Crippen molar-refractivity contribution in [3.8, 4) is 0 Å².